The fourth-order valence-corrected chi connectivity index (χ4v) is 5.91. The van der Waals surface area contributed by atoms with Crippen LogP contribution in [0.3, 0.4) is 0 Å². The third-order valence-corrected chi connectivity index (χ3v) is 8.24. The molecule has 1 unspecified atom stereocenters. The van der Waals surface area contributed by atoms with Gasteiger partial charge in [-0.05, 0) is 60.9 Å². The molecule has 1 aliphatic carbocycles. The number of benzene rings is 2. The highest BCUT2D eigenvalue weighted by Gasteiger charge is 2.28. The van der Waals surface area contributed by atoms with Crippen LogP contribution in [0.15, 0.2) is 79.4 Å². The van der Waals surface area contributed by atoms with Crippen LogP contribution >= 0.6 is 0 Å². The number of nitrogens with one attached hydrogen (secondary N) is 2. The lowest BCUT2D eigenvalue weighted by Gasteiger charge is -2.26. The summed E-state index contributed by atoms with van der Waals surface area (Å²) in [4.78, 5) is 26.7. The number of anilines is 2. The minimum Gasteiger partial charge on any atom is -0.351 e. The Morgan fingerprint density at radius 1 is 1.11 bits per heavy atom. The Morgan fingerprint density at radius 2 is 1.93 bits per heavy atom. The summed E-state index contributed by atoms with van der Waals surface area (Å²) in [5, 5.41) is 10.7. The van der Waals surface area contributed by atoms with E-state index in [2.05, 4.69) is 65.3 Å². The summed E-state index contributed by atoms with van der Waals surface area (Å²) in [6.45, 7) is 9.12. The van der Waals surface area contributed by atoms with Crippen LogP contribution in [0.1, 0.15) is 62.7 Å². The van der Waals surface area contributed by atoms with Crippen molar-refractivity contribution in [3.63, 3.8) is 0 Å². The number of pyridine rings is 1. The summed E-state index contributed by atoms with van der Waals surface area (Å²) in [7, 11) is 0. The molecular weight excluding hydrogens is 548 g/mol. The number of carbonyl (C=O) groups excluding carboxylic acids is 1. The molecule has 0 aliphatic heterocycles. The van der Waals surface area contributed by atoms with E-state index < -0.39 is 6.03 Å². The summed E-state index contributed by atoms with van der Waals surface area (Å²) < 4.78 is 1.77. The van der Waals surface area contributed by atoms with Gasteiger partial charge in [-0.2, -0.15) is 5.10 Å². The molecule has 6 rings (SSSR count). The van der Waals surface area contributed by atoms with Crippen molar-refractivity contribution >= 4 is 33.9 Å². The highest BCUT2D eigenvalue weighted by Crippen LogP contribution is 2.40. The van der Waals surface area contributed by atoms with Gasteiger partial charge in [-0.3, -0.25) is 4.98 Å². The van der Waals surface area contributed by atoms with Crippen LogP contribution in [-0.4, -0.2) is 43.4 Å². The molecule has 0 radical (unpaired) electrons. The standard InChI is InChI=1S/C35H40N8O/c1-23-12-13-27(21-39-23)43-33(19-32(41-43)35(2,3)4)42(34(36)44)31-15-14-28(29-10-5-6-11-30(29)31)24-8-7-9-25(18-24)38-17-16-26-20-37-22-40-26/h5-6,10-15,18-22,25,38H,7-9,16-17H2,1-4H3,(H2,36,44)(H,37,40). The lowest BCUT2D eigenvalue weighted by atomic mass is 9.88. The van der Waals surface area contributed by atoms with E-state index in [9.17, 15) is 4.79 Å². The zero-order valence-electron chi connectivity index (χ0n) is 25.8. The Bertz CT molecular complexity index is 1800. The van der Waals surface area contributed by atoms with Crippen LogP contribution < -0.4 is 16.0 Å². The second-order valence-corrected chi connectivity index (χ2v) is 12.5. The number of aromatic amines is 1. The molecule has 2 aromatic carbocycles. The molecule has 4 N–H and O–H groups in total. The second kappa shape index (κ2) is 12.1. The van der Waals surface area contributed by atoms with Crippen molar-refractivity contribution in [2.45, 2.75) is 64.8 Å². The summed E-state index contributed by atoms with van der Waals surface area (Å²) in [5.41, 5.74) is 12.7. The number of carbonyl (C=O) groups is 1. The van der Waals surface area contributed by atoms with Crippen LogP contribution in [0.25, 0.3) is 22.0 Å². The molecule has 1 atom stereocenters. The third kappa shape index (κ3) is 6.01. The number of fused-ring (bicyclic) bond motifs is 1. The molecule has 9 heteroatoms. The highest BCUT2D eigenvalue weighted by atomic mass is 16.2. The predicted molar refractivity (Wildman–Crippen MR) is 176 cm³/mol. The number of H-pyrrole nitrogens is 1. The Kier molecular flexibility index (Phi) is 8.05. The van der Waals surface area contributed by atoms with Gasteiger partial charge in [0, 0.05) is 47.8 Å². The minimum absolute atomic E-state index is 0.246. The van der Waals surface area contributed by atoms with Gasteiger partial charge in [0.1, 0.15) is 5.82 Å². The number of imidazole rings is 1. The van der Waals surface area contributed by atoms with Crippen LogP contribution in [0.4, 0.5) is 16.3 Å². The molecule has 0 fully saturated rings. The minimum atomic E-state index is -0.581. The molecule has 0 bridgehead atoms. The Labute approximate surface area is 258 Å². The number of primary amides is 1. The van der Waals surface area contributed by atoms with Crippen LogP contribution in [-0.2, 0) is 11.8 Å². The van der Waals surface area contributed by atoms with E-state index in [4.69, 9.17) is 10.8 Å². The monoisotopic (exact) mass is 588 g/mol. The van der Waals surface area contributed by atoms with E-state index in [-0.39, 0.29) is 5.41 Å². The maximum Gasteiger partial charge on any atom is 0.325 e. The van der Waals surface area contributed by atoms with E-state index in [0.29, 0.717) is 17.5 Å². The molecule has 226 valence electrons. The largest absolute Gasteiger partial charge is 0.351 e. The molecule has 9 nitrogen and oxygen atoms in total. The van der Waals surface area contributed by atoms with Crippen LogP contribution in [0, 0.1) is 6.92 Å². The number of aryl methyl sites for hydroxylation is 1. The average molecular weight is 589 g/mol. The fourth-order valence-electron chi connectivity index (χ4n) is 5.91. The van der Waals surface area contributed by atoms with Crippen molar-refractivity contribution in [2.24, 2.45) is 5.73 Å². The lowest BCUT2D eigenvalue weighted by Crippen LogP contribution is -2.33. The zero-order chi connectivity index (χ0) is 30.8. The van der Waals surface area contributed by atoms with E-state index in [1.165, 1.54) is 11.1 Å². The highest BCUT2D eigenvalue weighted by molar-refractivity contribution is 6.09. The van der Waals surface area contributed by atoms with Crippen molar-refractivity contribution in [1.29, 1.82) is 0 Å². The molecule has 5 aromatic rings. The number of urea groups is 1. The first kappa shape index (κ1) is 29.3. The summed E-state index contributed by atoms with van der Waals surface area (Å²) in [5.74, 6) is 0.573. The molecule has 2 amide bonds. The maximum atomic E-state index is 13.3. The number of hydrogen-bond donors (Lipinski definition) is 3. The Morgan fingerprint density at radius 3 is 2.64 bits per heavy atom. The van der Waals surface area contributed by atoms with E-state index in [0.717, 1.165) is 65.8 Å². The number of nitrogens with two attached hydrogens (primary N) is 1. The van der Waals surface area contributed by atoms with Gasteiger partial charge < -0.3 is 16.0 Å². The normalized spacial score (nSPS) is 15.4. The van der Waals surface area contributed by atoms with Gasteiger partial charge in [-0.15, -0.1) is 0 Å². The van der Waals surface area contributed by atoms with Crippen molar-refractivity contribution in [1.82, 2.24) is 30.0 Å². The zero-order valence-corrected chi connectivity index (χ0v) is 25.8. The smallest absolute Gasteiger partial charge is 0.325 e. The number of rotatable bonds is 8. The van der Waals surface area contributed by atoms with Crippen molar-refractivity contribution < 1.29 is 4.79 Å². The number of amides is 2. The third-order valence-electron chi connectivity index (χ3n) is 8.24. The Hall–Kier alpha value is -4.76. The first-order chi connectivity index (χ1) is 21.2. The topological polar surface area (TPSA) is 118 Å². The molecule has 1 aliphatic rings. The van der Waals surface area contributed by atoms with E-state index in [1.807, 2.05) is 49.5 Å². The van der Waals surface area contributed by atoms with Gasteiger partial charge in [-0.25, -0.2) is 19.4 Å². The lowest BCUT2D eigenvalue weighted by molar-refractivity contribution is 0.256. The first-order valence-electron chi connectivity index (χ1n) is 15.3. The number of nitrogens with zero attached hydrogens (tertiary/aromatic N) is 5. The van der Waals surface area contributed by atoms with Gasteiger partial charge in [0.2, 0.25) is 0 Å². The average Bonchev–Trinajstić information content (AvgIpc) is 3.69. The molecule has 0 saturated heterocycles. The fraction of sp³-hybridized carbons (Fsp3) is 0.314. The van der Waals surface area contributed by atoms with Gasteiger partial charge in [0.15, 0.2) is 0 Å². The molecule has 3 aromatic heterocycles. The van der Waals surface area contributed by atoms with Gasteiger partial charge in [0.05, 0.1) is 35.3 Å². The summed E-state index contributed by atoms with van der Waals surface area (Å²) in [6.07, 6.45) is 11.9. The van der Waals surface area contributed by atoms with E-state index >= 15 is 0 Å². The van der Waals surface area contributed by atoms with Crippen LogP contribution in [0.5, 0.6) is 0 Å². The summed E-state index contributed by atoms with van der Waals surface area (Å²) in [6, 6.07) is 18.0. The van der Waals surface area contributed by atoms with Crippen molar-refractivity contribution in [3.05, 3.63) is 102 Å². The number of hydrogen-bond acceptors (Lipinski definition) is 5. The predicted octanol–water partition coefficient (Wildman–Crippen LogP) is 6.73. The van der Waals surface area contributed by atoms with Crippen molar-refractivity contribution in [2.75, 3.05) is 11.4 Å². The number of aromatic nitrogens is 5. The molecule has 44 heavy (non-hydrogen) atoms. The van der Waals surface area contributed by atoms with Crippen molar-refractivity contribution in [3.8, 4) is 5.69 Å². The van der Waals surface area contributed by atoms with Gasteiger partial charge in [-0.1, -0.05) is 57.2 Å². The molecule has 0 spiro atoms. The number of allylic oxidation sites excluding steroid dienone is 1. The summed E-state index contributed by atoms with van der Waals surface area (Å²) >= 11 is 0. The molecular formula is C35H40N8O. The van der Waals surface area contributed by atoms with Crippen LogP contribution in [0.2, 0.25) is 0 Å². The quantitative estimate of drug-likeness (QED) is 0.186. The maximum absolute atomic E-state index is 13.3. The van der Waals surface area contributed by atoms with Gasteiger partial charge >= 0.3 is 6.03 Å². The van der Waals surface area contributed by atoms with E-state index in [1.54, 1.807) is 22.1 Å². The second-order valence-electron chi connectivity index (χ2n) is 12.5. The Balaban J connectivity index is 1.40. The SMILES string of the molecule is Cc1ccc(-n2nc(C(C)(C)C)cc2N(C(N)=O)c2ccc(C3=CC(NCCc4c[nH]cn4)CCC3)c3ccccc23)cn1. The first-order valence-corrected chi connectivity index (χ1v) is 15.3. The molecule has 0 saturated carbocycles. The van der Waals surface area contributed by atoms with Gasteiger partial charge in [0.25, 0.3) is 0 Å². The molecule has 3 heterocycles.